The molecule has 1 aliphatic heterocycles. The van der Waals surface area contributed by atoms with Crippen molar-refractivity contribution in [1.82, 2.24) is 0 Å². The molecule has 0 saturated heterocycles. The zero-order chi connectivity index (χ0) is 28.5. The van der Waals surface area contributed by atoms with Crippen LogP contribution in [0.25, 0.3) is 43.6 Å². The van der Waals surface area contributed by atoms with Crippen molar-refractivity contribution < 1.29 is 9.30 Å². The molecule has 40 heavy (non-hydrogen) atoms. The number of rotatable bonds is 5. The van der Waals surface area contributed by atoms with Crippen LogP contribution in [0, 0.1) is 24.2 Å². The van der Waals surface area contributed by atoms with Gasteiger partial charge in [-0.2, -0.15) is 0 Å². The molecule has 0 fully saturated rings. The van der Waals surface area contributed by atoms with Gasteiger partial charge in [0.1, 0.15) is 18.5 Å². The molecule has 0 saturated carbocycles. The summed E-state index contributed by atoms with van der Waals surface area (Å²) in [5, 5.41) is 7.77. The summed E-state index contributed by atoms with van der Waals surface area (Å²) in [7, 11) is 2.19. The molecule has 2 heteroatoms. The van der Waals surface area contributed by atoms with E-state index in [1.54, 1.807) is 0 Å². The molecule has 0 unspecified atom stereocenters. The van der Waals surface area contributed by atoms with E-state index in [9.17, 15) is 0 Å². The molecule has 0 radical (unpaired) electrons. The highest BCUT2D eigenvalue weighted by Crippen LogP contribution is 2.52. The van der Waals surface area contributed by atoms with Gasteiger partial charge < -0.3 is 4.74 Å². The Morgan fingerprint density at radius 1 is 0.775 bits per heavy atom. The second-order valence-electron chi connectivity index (χ2n) is 14.2. The van der Waals surface area contributed by atoms with Gasteiger partial charge in [-0.15, -0.1) is 0 Å². The smallest absolute Gasteiger partial charge is 0.228 e. The Balaban J connectivity index is 1.70. The molecule has 0 aliphatic carbocycles. The van der Waals surface area contributed by atoms with E-state index < -0.39 is 0 Å². The first kappa shape index (κ1) is 26.8. The molecular weight excluding hydrogens is 486 g/mol. The molecule has 6 rings (SSSR count). The van der Waals surface area contributed by atoms with Crippen molar-refractivity contribution >= 4 is 32.3 Å². The molecule has 5 aromatic rings. The summed E-state index contributed by atoms with van der Waals surface area (Å²) in [5.74, 6) is 3.18. The van der Waals surface area contributed by atoms with E-state index in [4.69, 9.17) is 4.74 Å². The number of fused-ring (bicyclic) bond motifs is 5. The first-order valence-electron chi connectivity index (χ1n) is 15.1. The van der Waals surface area contributed by atoms with Crippen LogP contribution in [0.1, 0.15) is 70.7 Å². The van der Waals surface area contributed by atoms with Gasteiger partial charge in [-0.05, 0) is 87.7 Å². The number of benzene rings is 4. The Morgan fingerprint density at radius 3 is 2.17 bits per heavy atom. The Kier molecular flexibility index (Phi) is 6.44. The second-order valence-corrected chi connectivity index (χ2v) is 14.2. The molecule has 2 heterocycles. The molecule has 0 N–H and O–H groups in total. The molecule has 4 aromatic carbocycles. The maximum Gasteiger partial charge on any atom is 0.228 e. The lowest BCUT2D eigenvalue weighted by Crippen LogP contribution is -2.32. The lowest BCUT2D eigenvalue weighted by molar-refractivity contribution is -0.659. The van der Waals surface area contributed by atoms with Gasteiger partial charge in [-0.1, -0.05) is 84.9 Å². The molecule has 0 spiro atoms. The second kappa shape index (κ2) is 9.61. The summed E-state index contributed by atoms with van der Waals surface area (Å²) in [6.07, 6.45) is 5.38. The standard InChI is InChI=1S/C38H44NO/c1-22(2)16-25-10-12-27-20-33-35-29(31(27)18-25)14-15-39(9)36(35)34-24(5)30-19-26(21-38(6,7)8)11-13-28(30)32(17-23(3)4)37(34)40-33/h10-15,18-20,22-23H,16-17,21H2,1-9H3/q+1. The number of aromatic nitrogens is 1. The van der Waals surface area contributed by atoms with E-state index in [1.165, 1.54) is 65.8 Å². The van der Waals surface area contributed by atoms with Crippen LogP contribution in [-0.4, -0.2) is 0 Å². The average Bonchev–Trinajstić information content (AvgIpc) is 2.86. The summed E-state index contributed by atoms with van der Waals surface area (Å²) in [6.45, 7) is 18.5. The predicted molar refractivity (Wildman–Crippen MR) is 171 cm³/mol. The third kappa shape index (κ3) is 4.56. The fraction of sp³-hybridized carbons (Fsp3) is 0.395. The van der Waals surface area contributed by atoms with Gasteiger partial charge in [0.2, 0.25) is 5.69 Å². The fourth-order valence-corrected chi connectivity index (χ4v) is 6.86. The van der Waals surface area contributed by atoms with Crippen LogP contribution in [0.3, 0.4) is 0 Å². The highest BCUT2D eigenvalue weighted by Gasteiger charge is 2.33. The fourth-order valence-electron chi connectivity index (χ4n) is 6.86. The third-order valence-corrected chi connectivity index (χ3v) is 8.39. The largest absolute Gasteiger partial charge is 0.455 e. The Hall–Kier alpha value is -3.39. The van der Waals surface area contributed by atoms with E-state index in [0.717, 1.165) is 30.8 Å². The van der Waals surface area contributed by atoms with Crippen molar-refractivity contribution in [3.63, 3.8) is 0 Å². The quantitative estimate of drug-likeness (QED) is 0.160. The van der Waals surface area contributed by atoms with Gasteiger partial charge >= 0.3 is 0 Å². The van der Waals surface area contributed by atoms with Crippen LogP contribution in [0.15, 0.2) is 54.7 Å². The lowest BCUT2D eigenvalue weighted by Gasteiger charge is -2.27. The number of aryl methyl sites for hydroxylation is 2. The molecule has 0 atom stereocenters. The van der Waals surface area contributed by atoms with Gasteiger partial charge in [0, 0.05) is 17.0 Å². The molecule has 0 amide bonds. The van der Waals surface area contributed by atoms with Crippen molar-refractivity contribution in [3.05, 3.63) is 77.0 Å². The summed E-state index contributed by atoms with van der Waals surface area (Å²) in [6, 6.07) is 18.7. The number of ether oxygens (including phenoxy) is 1. The molecule has 206 valence electrons. The van der Waals surface area contributed by atoms with Crippen molar-refractivity contribution in [1.29, 1.82) is 0 Å². The van der Waals surface area contributed by atoms with Gasteiger partial charge in [0.15, 0.2) is 6.20 Å². The number of hydrogen-bond acceptors (Lipinski definition) is 1. The summed E-state index contributed by atoms with van der Waals surface area (Å²) >= 11 is 0. The van der Waals surface area contributed by atoms with E-state index >= 15 is 0 Å². The Labute approximate surface area is 240 Å². The van der Waals surface area contributed by atoms with E-state index in [2.05, 4.69) is 122 Å². The maximum absolute atomic E-state index is 7.03. The maximum atomic E-state index is 7.03. The Bertz CT molecular complexity index is 1800. The predicted octanol–water partition coefficient (Wildman–Crippen LogP) is 10.0. The van der Waals surface area contributed by atoms with Crippen LogP contribution >= 0.6 is 0 Å². The van der Waals surface area contributed by atoms with Crippen molar-refractivity contribution in [2.75, 3.05) is 0 Å². The normalized spacial score (nSPS) is 13.1. The van der Waals surface area contributed by atoms with E-state index in [0.29, 0.717) is 11.8 Å². The minimum absolute atomic E-state index is 0.242. The SMILES string of the molecule is Cc1c2c(c(CC(C)C)c3ccc(CC(C)(C)C)cc13)Oc1cc3ccc(CC(C)C)cc3c3cc[n+](C)c-2c13. The average molecular weight is 531 g/mol. The Morgan fingerprint density at radius 2 is 1.48 bits per heavy atom. The summed E-state index contributed by atoms with van der Waals surface area (Å²) in [4.78, 5) is 0. The molecule has 2 nitrogen and oxygen atoms in total. The van der Waals surface area contributed by atoms with Crippen molar-refractivity contribution in [2.24, 2.45) is 24.3 Å². The van der Waals surface area contributed by atoms with E-state index in [1.807, 2.05) is 0 Å². The molecular formula is C38H44NO+. The summed E-state index contributed by atoms with van der Waals surface area (Å²) < 4.78 is 9.34. The van der Waals surface area contributed by atoms with Gasteiger partial charge in [-0.25, -0.2) is 4.57 Å². The highest BCUT2D eigenvalue weighted by molar-refractivity contribution is 6.16. The van der Waals surface area contributed by atoms with Gasteiger partial charge in [0.25, 0.3) is 0 Å². The van der Waals surface area contributed by atoms with Gasteiger partial charge in [0.05, 0.1) is 10.9 Å². The monoisotopic (exact) mass is 530 g/mol. The van der Waals surface area contributed by atoms with Crippen molar-refractivity contribution in [3.8, 4) is 22.8 Å². The molecule has 1 aromatic heterocycles. The zero-order valence-electron chi connectivity index (χ0n) is 25.8. The lowest BCUT2D eigenvalue weighted by atomic mass is 9.83. The van der Waals surface area contributed by atoms with Crippen LogP contribution in [0.2, 0.25) is 0 Å². The highest BCUT2D eigenvalue weighted by atomic mass is 16.5. The molecule has 1 aliphatic rings. The first-order valence-corrected chi connectivity index (χ1v) is 15.1. The minimum atomic E-state index is 0.242. The number of pyridine rings is 1. The topological polar surface area (TPSA) is 13.1 Å². The molecule has 0 bridgehead atoms. The van der Waals surface area contributed by atoms with Crippen LogP contribution < -0.4 is 9.30 Å². The summed E-state index contributed by atoms with van der Waals surface area (Å²) in [5.41, 5.74) is 8.23. The number of nitrogens with zero attached hydrogens (tertiary/aromatic N) is 1. The number of hydrogen-bond donors (Lipinski definition) is 0. The van der Waals surface area contributed by atoms with Crippen LogP contribution in [0.5, 0.6) is 11.5 Å². The van der Waals surface area contributed by atoms with Crippen LogP contribution in [0.4, 0.5) is 0 Å². The van der Waals surface area contributed by atoms with Crippen molar-refractivity contribution in [2.45, 2.75) is 74.7 Å². The zero-order valence-corrected chi connectivity index (χ0v) is 25.8. The van der Waals surface area contributed by atoms with E-state index in [-0.39, 0.29) is 5.41 Å². The van der Waals surface area contributed by atoms with Crippen LogP contribution in [-0.2, 0) is 26.3 Å². The minimum Gasteiger partial charge on any atom is -0.455 e. The van der Waals surface area contributed by atoms with Gasteiger partial charge in [-0.3, -0.25) is 0 Å². The first-order chi connectivity index (χ1) is 18.9. The third-order valence-electron chi connectivity index (χ3n) is 8.39.